The average molecular weight is 358 g/mol. The summed E-state index contributed by atoms with van der Waals surface area (Å²) in [5, 5.41) is 8.20. The Morgan fingerprint density at radius 2 is 1.85 bits per heavy atom. The number of halogens is 2. The fourth-order valence-corrected chi connectivity index (χ4v) is 2.95. The molecule has 0 saturated heterocycles. The minimum absolute atomic E-state index is 0.0407. The maximum atomic E-state index is 14.7. The molecule has 0 aliphatic rings. The van der Waals surface area contributed by atoms with Crippen LogP contribution >= 0.6 is 0 Å². The molecule has 0 unspecified atom stereocenters. The molecule has 3 rings (SSSR count). The molecule has 0 fully saturated rings. The number of amides is 1. The quantitative estimate of drug-likeness (QED) is 0.727. The van der Waals surface area contributed by atoms with Crippen LogP contribution in [0.15, 0.2) is 30.3 Å². The average Bonchev–Trinajstić information content (AvgIpc) is 2.62. The van der Waals surface area contributed by atoms with Crippen LogP contribution in [0, 0.1) is 11.6 Å². The van der Waals surface area contributed by atoms with E-state index < -0.39 is 17.5 Å². The molecule has 1 heterocycles. The van der Waals surface area contributed by atoms with Crippen LogP contribution in [-0.4, -0.2) is 29.8 Å². The van der Waals surface area contributed by atoms with Crippen LogP contribution in [0.1, 0.15) is 16.1 Å². The lowest BCUT2D eigenvalue weighted by molar-refractivity contribution is 0.0994. The number of fused-ring (bicyclic) bond motifs is 1. The lowest BCUT2D eigenvalue weighted by atomic mass is 9.96. The van der Waals surface area contributed by atoms with Crippen molar-refractivity contribution in [1.29, 1.82) is 0 Å². The second-order valence-electron chi connectivity index (χ2n) is 5.57. The molecule has 0 bridgehead atoms. The second kappa shape index (κ2) is 7.01. The topological polar surface area (TPSA) is 104 Å². The molecule has 3 aromatic rings. The van der Waals surface area contributed by atoms with Crippen LogP contribution in [0.3, 0.4) is 0 Å². The zero-order valence-electron chi connectivity index (χ0n) is 13.9. The highest BCUT2D eigenvalue weighted by Gasteiger charge is 2.23. The molecule has 0 aliphatic carbocycles. The summed E-state index contributed by atoms with van der Waals surface area (Å²) in [6.07, 6.45) is 0.282. The van der Waals surface area contributed by atoms with Crippen molar-refractivity contribution in [3.63, 3.8) is 0 Å². The van der Waals surface area contributed by atoms with Crippen LogP contribution < -0.4 is 16.2 Å². The minimum atomic E-state index is -0.766. The van der Waals surface area contributed by atoms with Crippen LogP contribution in [0.4, 0.5) is 8.78 Å². The molecule has 1 amide bonds. The smallest absolute Gasteiger partial charge is 0.269 e. The third kappa shape index (κ3) is 2.84. The molecular formula is C18H16F2N4O2. The molecule has 0 spiro atoms. The van der Waals surface area contributed by atoms with Gasteiger partial charge in [0.25, 0.3) is 5.91 Å². The Hall–Kier alpha value is -3.13. The molecule has 2 aromatic carbocycles. The molecule has 8 heteroatoms. The molecule has 6 nitrogen and oxygen atoms in total. The number of ether oxygens (including phenoxy) is 1. The SMILES string of the molecule is COc1cccc(F)c1-c1c(F)ccc2c(CCN)c(C(N)=O)nnc12. The van der Waals surface area contributed by atoms with Gasteiger partial charge in [0.1, 0.15) is 22.9 Å². The number of nitrogens with two attached hydrogens (primary N) is 2. The van der Waals surface area contributed by atoms with E-state index in [9.17, 15) is 13.6 Å². The third-order valence-corrected chi connectivity index (χ3v) is 4.06. The third-order valence-electron chi connectivity index (χ3n) is 4.06. The predicted molar refractivity (Wildman–Crippen MR) is 92.7 cm³/mol. The zero-order chi connectivity index (χ0) is 18.8. The van der Waals surface area contributed by atoms with Gasteiger partial charge in [0.15, 0.2) is 5.69 Å². The Balaban J connectivity index is 2.43. The summed E-state index contributed by atoms with van der Waals surface area (Å²) in [7, 11) is 1.36. The van der Waals surface area contributed by atoms with Crippen LogP contribution in [0.25, 0.3) is 22.0 Å². The molecule has 0 aliphatic heterocycles. The van der Waals surface area contributed by atoms with Gasteiger partial charge in [-0.15, -0.1) is 10.2 Å². The number of nitrogens with zero attached hydrogens (tertiary/aromatic N) is 2. The van der Waals surface area contributed by atoms with Gasteiger partial charge in [-0.05, 0) is 42.8 Å². The summed E-state index contributed by atoms with van der Waals surface area (Å²) in [4.78, 5) is 11.6. The van der Waals surface area contributed by atoms with Gasteiger partial charge in [-0.1, -0.05) is 6.07 Å². The Kier molecular flexibility index (Phi) is 4.77. The largest absolute Gasteiger partial charge is 0.496 e. The second-order valence-corrected chi connectivity index (χ2v) is 5.57. The van der Waals surface area contributed by atoms with E-state index in [0.29, 0.717) is 10.9 Å². The molecule has 0 radical (unpaired) electrons. The van der Waals surface area contributed by atoms with Gasteiger partial charge in [0, 0.05) is 5.39 Å². The van der Waals surface area contributed by atoms with Crippen molar-refractivity contribution in [2.24, 2.45) is 11.5 Å². The van der Waals surface area contributed by atoms with E-state index in [4.69, 9.17) is 16.2 Å². The fourth-order valence-electron chi connectivity index (χ4n) is 2.95. The number of methoxy groups -OCH3 is 1. The Morgan fingerprint density at radius 1 is 1.12 bits per heavy atom. The Bertz CT molecular complexity index is 1010. The number of hydrogen-bond acceptors (Lipinski definition) is 5. The summed E-state index contributed by atoms with van der Waals surface area (Å²) in [6.45, 7) is 0.219. The van der Waals surface area contributed by atoms with E-state index in [1.165, 1.54) is 37.4 Å². The van der Waals surface area contributed by atoms with Gasteiger partial charge < -0.3 is 16.2 Å². The number of hydrogen-bond donors (Lipinski definition) is 2. The number of rotatable bonds is 5. The molecule has 0 saturated carbocycles. The highest BCUT2D eigenvalue weighted by Crippen LogP contribution is 2.38. The maximum absolute atomic E-state index is 14.7. The Morgan fingerprint density at radius 3 is 2.50 bits per heavy atom. The van der Waals surface area contributed by atoms with Gasteiger partial charge in [-0.25, -0.2) is 8.78 Å². The molecule has 1 aromatic heterocycles. The number of carbonyl (C=O) groups is 1. The monoisotopic (exact) mass is 358 g/mol. The van der Waals surface area contributed by atoms with Crippen LogP contribution in [-0.2, 0) is 6.42 Å². The van der Waals surface area contributed by atoms with E-state index in [1.807, 2.05) is 0 Å². The number of primary amides is 1. The number of benzene rings is 2. The van der Waals surface area contributed by atoms with Gasteiger partial charge >= 0.3 is 0 Å². The van der Waals surface area contributed by atoms with Gasteiger partial charge in [-0.3, -0.25) is 4.79 Å². The van der Waals surface area contributed by atoms with Gasteiger partial charge in [0.2, 0.25) is 0 Å². The maximum Gasteiger partial charge on any atom is 0.269 e. The molecule has 26 heavy (non-hydrogen) atoms. The van der Waals surface area contributed by atoms with Crippen molar-refractivity contribution in [1.82, 2.24) is 10.2 Å². The van der Waals surface area contributed by atoms with E-state index in [2.05, 4.69) is 10.2 Å². The summed E-state index contributed by atoms with van der Waals surface area (Å²) in [5.74, 6) is -1.98. The highest BCUT2D eigenvalue weighted by molar-refractivity contribution is 6.02. The van der Waals surface area contributed by atoms with E-state index in [1.54, 1.807) is 0 Å². The van der Waals surface area contributed by atoms with Crippen molar-refractivity contribution in [3.8, 4) is 16.9 Å². The van der Waals surface area contributed by atoms with Crippen molar-refractivity contribution < 1.29 is 18.3 Å². The van der Waals surface area contributed by atoms with Crippen molar-refractivity contribution in [2.75, 3.05) is 13.7 Å². The lowest BCUT2D eigenvalue weighted by Gasteiger charge is -2.15. The molecule has 134 valence electrons. The molecule has 0 atom stereocenters. The molecular weight excluding hydrogens is 342 g/mol. The number of aromatic nitrogens is 2. The summed E-state index contributed by atoms with van der Waals surface area (Å²) >= 11 is 0. The standard InChI is InChI=1S/C18H16F2N4O2/c1-26-13-4-2-3-11(19)14(13)15-12(20)6-5-9-10(7-8-21)17(18(22)25)24-23-16(9)15/h2-6H,7-8,21H2,1H3,(H2,22,25). The first kappa shape index (κ1) is 17.7. The summed E-state index contributed by atoms with van der Waals surface area (Å²) in [6, 6.07) is 6.80. The van der Waals surface area contributed by atoms with Crippen LogP contribution in [0.5, 0.6) is 5.75 Å². The molecule has 4 N–H and O–H groups in total. The zero-order valence-corrected chi connectivity index (χ0v) is 13.9. The van der Waals surface area contributed by atoms with Crippen molar-refractivity contribution in [3.05, 3.63) is 53.2 Å². The fraction of sp³-hybridized carbons (Fsp3) is 0.167. The summed E-state index contributed by atoms with van der Waals surface area (Å²) in [5.41, 5.74) is 11.3. The van der Waals surface area contributed by atoms with E-state index >= 15 is 0 Å². The van der Waals surface area contributed by atoms with Crippen molar-refractivity contribution in [2.45, 2.75) is 6.42 Å². The Labute approximate surface area is 147 Å². The first-order valence-electron chi connectivity index (χ1n) is 7.80. The highest BCUT2D eigenvalue weighted by atomic mass is 19.1. The van der Waals surface area contributed by atoms with Crippen molar-refractivity contribution >= 4 is 16.8 Å². The minimum Gasteiger partial charge on any atom is -0.496 e. The normalized spacial score (nSPS) is 10.9. The van der Waals surface area contributed by atoms with E-state index in [-0.39, 0.29) is 41.1 Å². The van der Waals surface area contributed by atoms with E-state index in [0.717, 1.165) is 0 Å². The first-order chi connectivity index (χ1) is 12.5. The van der Waals surface area contributed by atoms with Gasteiger partial charge in [-0.2, -0.15) is 0 Å². The van der Waals surface area contributed by atoms with Crippen LogP contribution in [0.2, 0.25) is 0 Å². The first-order valence-corrected chi connectivity index (χ1v) is 7.80. The number of carbonyl (C=O) groups excluding carboxylic acids is 1. The van der Waals surface area contributed by atoms with Gasteiger partial charge in [0.05, 0.1) is 18.2 Å². The summed E-state index contributed by atoms with van der Waals surface area (Å²) < 4.78 is 34.3. The predicted octanol–water partition coefficient (Wildman–Crippen LogP) is 2.18. The lowest BCUT2D eigenvalue weighted by Crippen LogP contribution is -2.19.